The van der Waals surface area contributed by atoms with Crippen molar-refractivity contribution in [1.82, 2.24) is 4.90 Å². The molecule has 0 bridgehead atoms. The molecule has 0 aromatic rings. The van der Waals surface area contributed by atoms with E-state index in [0.29, 0.717) is 18.4 Å². The van der Waals surface area contributed by atoms with Crippen molar-refractivity contribution < 1.29 is 14.3 Å². The summed E-state index contributed by atoms with van der Waals surface area (Å²) in [5, 5.41) is 0. The second-order valence-corrected chi connectivity index (χ2v) is 6.07. The Morgan fingerprint density at radius 3 is 2.18 bits per heavy atom. The molecule has 2 rings (SSSR count). The van der Waals surface area contributed by atoms with Gasteiger partial charge in [0.05, 0.1) is 12.5 Å². The zero-order chi connectivity index (χ0) is 12.8. The van der Waals surface area contributed by atoms with Crippen LogP contribution in [-0.2, 0) is 14.3 Å². The molecule has 0 aromatic carbocycles. The van der Waals surface area contributed by atoms with Gasteiger partial charge in [0.2, 0.25) is 5.91 Å². The molecule has 1 saturated heterocycles. The highest BCUT2D eigenvalue weighted by molar-refractivity contribution is 5.83. The van der Waals surface area contributed by atoms with Crippen molar-refractivity contribution in [1.29, 1.82) is 0 Å². The van der Waals surface area contributed by atoms with E-state index < -0.39 is 0 Å². The van der Waals surface area contributed by atoms with Crippen LogP contribution < -0.4 is 0 Å². The van der Waals surface area contributed by atoms with Gasteiger partial charge in [-0.25, -0.2) is 0 Å². The first-order chi connectivity index (χ1) is 7.86. The molecule has 17 heavy (non-hydrogen) atoms. The highest BCUT2D eigenvalue weighted by atomic mass is 16.5. The fraction of sp³-hybridized carbons (Fsp3) is 0.846. The standard InChI is InChI=1S/C13H21NO3/c1-5-17-11(15)10-8-6-14(7-9(8)10)12(16)13(2,3)4/h8-10H,5-7H2,1-4H3. The third-order valence-corrected chi connectivity index (χ3v) is 3.68. The predicted octanol–water partition coefficient (Wildman–Crippen LogP) is 1.30. The molecule has 1 heterocycles. The molecule has 0 radical (unpaired) electrons. The maximum Gasteiger partial charge on any atom is 0.309 e. The van der Waals surface area contributed by atoms with Crippen molar-refractivity contribution in [3.8, 4) is 0 Å². The summed E-state index contributed by atoms with van der Waals surface area (Å²) < 4.78 is 5.02. The van der Waals surface area contributed by atoms with Crippen LogP contribution in [0.4, 0.5) is 0 Å². The number of esters is 1. The minimum Gasteiger partial charge on any atom is -0.466 e. The summed E-state index contributed by atoms with van der Waals surface area (Å²) in [6, 6.07) is 0. The van der Waals surface area contributed by atoms with Gasteiger partial charge < -0.3 is 9.64 Å². The van der Waals surface area contributed by atoms with Gasteiger partial charge in [-0.05, 0) is 18.8 Å². The lowest BCUT2D eigenvalue weighted by molar-refractivity contribution is -0.147. The molecule has 2 aliphatic rings. The van der Waals surface area contributed by atoms with Crippen LogP contribution in [0.15, 0.2) is 0 Å². The molecule has 4 nitrogen and oxygen atoms in total. The number of likely N-dealkylation sites (tertiary alicyclic amines) is 1. The molecule has 1 aliphatic heterocycles. The summed E-state index contributed by atoms with van der Waals surface area (Å²) in [4.78, 5) is 25.5. The molecule has 0 spiro atoms. The average molecular weight is 239 g/mol. The Balaban J connectivity index is 1.87. The summed E-state index contributed by atoms with van der Waals surface area (Å²) in [6.45, 7) is 9.52. The van der Waals surface area contributed by atoms with Gasteiger partial charge in [0.25, 0.3) is 0 Å². The number of carbonyl (C=O) groups is 2. The van der Waals surface area contributed by atoms with E-state index in [1.54, 1.807) is 0 Å². The van der Waals surface area contributed by atoms with Crippen molar-refractivity contribution in [3.63, 3.8) is 0 Å². The molecule has 96 valence electrons. The number of carbonyl (C=O) groups excluding carboxylic acids is 2. The number of ether oxygens (including phenoxy) is 1. The second kappa shape index (κ2) is 4.00. The molecular formula is C13H21NO3. The summed E-state index contributed by atoms with van der Waals surface area (Å²) in [7, 11) is 0. The molecule has 0 aromatic heterocycles. The highest BCUT2D eigenvalue weighted by Crippen LogP contribution is 2.52. The van der Waals surface area contributed by atoms with Gasteiger partial charge in [-0.15, -0.1) is 0 Å². The van der Waals surface area contributed by atoms with E-state index >= 15 is 0 Å². The lowest BCUT2D eigenvalue weighted by Crippen LogP contribution is -2.40. The molecule has 1 amide bonds. The molecule has 1 aliphatic carbocycles. The zero-order valence-corrected chi connectivity index (χ0v) is 11.0. The van der Waals surface area contributed by atoms with E-state index in [-0.39, 0.29) is 23.2 Å². The van der Waals surface area contributed by atoms with Crippen molar-refractivity contribution in [2.24, 2.45) is 23.2 Å². The number of hydrogen-bond donors (Lipinski definition) is 0. The summed E-state index contributed by atoms with van der Waals surface area (Å²) in [5.74, 6) is 0.859. The third kappa shape index (κ3) is 2.17. The van der Waals surface area contributed by atoms with E-state index in [1.807, 2.05) is 32.6 Å². The maximum absolute atomic E-state index is 12.0. The molecular weight excluding hydrogens is 218 g/mol. The van der Waals surface area contributed by atoms with Gasteiger partial charge in [-0.3, -0.25) is 9.59 Å². The van der Waals surface area contributed by atoms with Crippen molar-refractivity contribution in [2.45, 2.75) is 27.7 Å². The first-order valence-corrected chi connectivity index (χ1v) is 6.32. The minimum atomic E-state index is -0.323. The second-order valence-electron chi connectivity index (χ2n) is 6.07. The molecule has 2 unspecified atom stereocenters. The monoisotopic (exact) mass is 239 g/mol. The van der Waals surface area contributed by atoms with Crippen LogP contribution in [0.25, 0.3) is 0 Å². The van der Waals surface area contributed by atoms with Crippen molar-refractivity contribution >= 4 is 11.9 Å². The normalized spacial score (nSPS) is 31.1. The molecule has 0 N–H and O–H groups in total. The Morgan fingerprint density at radius 2 is 1.76 bits per heavy atom. The van der Waals surface area contributed by atoms with Crippen molar-refractivity contribution in [2.75, 3.05) is 19.7 Å². The van der Waals surface area contributed by atoms with Crippen LogP contribution in [0.1, 0.15) is 27.7 Å². The van der Waals surface area contributed by atoms with Gasteiger partial charge >= 0.3 is 5.97 Å². The summed E-state index contributed by atoms with van der Waals surface area (Å²) in [5.41, 5.74) is -0.323. The SMILES string of the molecule is CCOC(=O)C1C2CN(C(=O)C(C)(C)C)CC21. The van der Waals surface area contributed by atoms with Gasteiger partial charge in [-0.1, -0.05) is 20.8 Å². The van der Waals surface area contributed by atoms with E-state index in [1.165, 1.54) is 0 Å². The van der Waals surface area contributed by atoms with Crippen LogP contribution in [0, 0.1) is 23.2 Å². The number of piperidine rings is 1. The third-order valence-electron chi connectivity index (χ3n) is 3.68. The number of rotatable bonds is 2. The lowest BCUT2D eigenvalue weighted by atomic mass is 9.94. The fourth-order valence-electron chi connectivity index (χ4n) is 2.75. The Bertz CT molecular complexity index is 333. The van der Waals surface area contributed by atoms with E-state index in [2.05, 4.69) is 0 Å². The van der Waals surface area contributed by atoms with E-state index in [0.717, 1.165) is 13.1 Å². The first kappa shape index (κ1) is 12.4. The first-order valence-electron chi connectivity index (χ1n) is 6.32. The predicted molar refractivity (Wildman–Crippen MR) is 63.1 cm³/mol. The molecule has 2 atom stereocenters. The number of amides is 1. The van der Waals surface area contributed by atoms with Crippen LogP contribution in [0.5, 0.6) is 0 Å². The van der Waals surface area contributed by atoms with E-state index in [4.69, 9.17) is 4.74 Å². The van der Waals surface area contributed by atoms with Crippen LogP contribution in [-0.4, -0.2) is 36.5 Å². The van der Waals surface area contributed by atoms with Gasteiger partial charge in [-0.2, -0.15) is 0 Å². The topological polar surface area (TPSA) is 46.6 Å². The number of hydrogen-bond acceptors (Lipinski definition) is 3. The van der Waals surface area contributed by atoms with Gasteiger partial charge in [0.15, 0.2) is 0 Å². The summed E-state index contributed by atoms with van der Waals surface area (Å²) >= 11 is 0. The van der Waals surface area contributed by atoms with Crippen LogP contribution >= 0.6 is 0 Å². The van der Waals surface area contributed by atoms with Gasteiger partial charge in [0.1, 0.15) is 0 Å². The highest BCUT2D eigenvalue weighted by Gasteiger charge is 2.61. The quantitative estimate of drug-likeness (QED) is 0.682. The Morgan fingerprint density at radius 1 is 1.24 bits per heavy atom. The lowest BCUT2D eigenvalue weighted by Gasteiger charge is -2.27. The smallest absolute Gasteiger partial charge is 0.309 e. The van der Waals surface area contributed by atoms with E-state index in [9.17, 15) is 9.59 Å². The fourth-order valence-corrected chi connectivity index (χ4v) is 2.75. The van der Waals surface area contributed by atoms with Gasteiger partial charge in [0, 0.05) is 18.5 Å². The molecule has 1 saturated carbocycles. The average Bonchev–Trinajstić information content (AvgIpc) is 2.72. The zero-order valence-electron chi connectivity index (χ0n) is 11.0. The Labute approximate surface area is 102 Å². The number of fused-ring (bicyclic) bond motifs is 1. The maximum atomic E-state index is 12.0. The minimum absolute atomic E-state index is 0.0546. The summed E-state index contributed by atoms with van der Waals surface area (Å²) in [6.07, 6.45) is 0. The van der Waals surface area contributed by atoms with Crippen LogP contribution in [0.3, 0.4) is 0 Å². The largest absolute Gasteiger partial charge is 0.466 e. The Hall–Kier alpha value is -1.06. The molecule has 4 heteroatoms. The number of nitrogens with zero attached hydrogens (tertiary/aromatic N) is 1. The van der Waals surface area contributed by atoms with Crippen molar-refractivity contribution in [3.05, 3.63) is 0 Å². The van der Waals surface area contributed by atoms with Crippen LogP contribution in [0.2, 0.25) is 0 Å². The Kier molecular flexibility index (Phi) is 2.92. The molecule has 2 fully saturated rings.